The van der Waals surface area contributed by atoms with E-state index in [1.165, 1.54) is 0 Å². The van der Waals surface area contributed by atoms with Gasteiger partial charge in [-0.2, -0.15) is 0 Å². The van der Waals surface area contributed by atoms with Crippen molar-refractivity contribution in [3.8, 4) is 5.75 Å². The van der Waals surface area contributed by atoms with E-state index in [0.29, 0.717) is 12.4 Å². The van der Waals surface area contributed by atoms with E-state index in [2.05, 4.69) is 20.6 Å². The molecule has 27 heavy (non-hydrogen) atoms. The first-order chi connectivity index (χ1) is 13.0. The van der Waals surface area contributed by atoms with E-state index in [0.717, 1.165) is 33.7 Å². The van der Waals surface area contributed by atoms with Crippen LogP contribution in [0.1, 0.15) is 25.2 Å². The molecule has 140 valence electrons. The van der Waals surface area contributed by atoms with Gasteiger partial charge in [0.05, 0.1) is 6.10 Å². The summed E-state index contributed by atoms with van der Waals surface area (Å²) in [6, 6.07) is 17.4. The van der Waals surface area contributed by atoms with Crippen molar-refractivity contribution in [2.24, 2.45) is 0 Å². The molecule has 0 saturated carbocycles. The minimum Gasteiger partial charge on any atom is -0.491 e. The van der Waals surface area contributed by atoms with Gasteiger partial charge in [-0.25, -0.2) is 9.97 Å². The minimum atomic E-state index is 0.155. The topological polar surface area (TPSA) is 59.1 Å². The predicted molar refractivity (Wildman–Crippen MR) is 111 cm³/mol. The molecule has 3 aromatic rings. The number of nitrogens with one attached hydrogen (secondary N) is 2. The molecule has 0 aliphatic rings. The number of hydrogen-bond acceptors (Lipinski definition) is 5. The molecule has 6 heteroatoms. The molecule has 1 heterocycles. The van der Waals surface area contributed by atoms with Crippen LogP contribution in [0.2, 0.25) is 5.02 Å². The number of rotatable bonds is 7. The van der Waals surface area contributed by atoms with E-state index in [4.69, 9.17) is 16.3 Å². The van der Waals surface area contributed by atoms with Gasteiger partial charge in [-0.15, -0.1) is 0 Å². The largest absolute Gasteiger partial charge is 0.491 e. The van der Waals surface area contributed by atoms with Gasteiger partial charge in [-0.3, -0.25) is 0 Å². The third-order valence-electron chi connectivity index (χ3n) is 3.72. The zero-order valence-corrected chi connectivity index (χ0v) is 16.4. The molecular formula is C21H23ClN4O. The second kappa shape index (κ2) is 8.73. The van der Waals surface area contributed by atoms with E-state index >= 15 is 0 Å². The Hall–Kier alpha value is -2.79. The van der Waals surface area contributed by atoms with Gasteiger partial charge in [-0.05, 0) is 62.7 Å². The van der Waals surface area contributed by atoms with Crippen LogP contribution in [0.3, 0.4) is 0 Å². The fourth-order valence-corrected chi connectivity index (χ4v) is 2.68. The number of nitrogens with zero attached hydrogens (tertiary/aromatic N) is 2. The molecule has 0 bridgehead atoms. The Balaban J connectivity index is 1.66. The highest BCUT2D eigenvalue weighted by Crippen LogP contribution is 2.21. The molecule has 0 spiro atoms. The maximum atomic E-state index is 5.92. The van der Waals surface area contributed by atoms with E-state index < -0.39 is 0 Å². The molecule has 0 saturated heterocycles. The highest BCUT2D eigenvalue weighted by atomic mass is 35.5. The second-order valence-electron chi connectivity index (χ2n) is 6.48. The average Bonchev–Trinajstić information content (AvgIpc) is 2.62. The summed E-state index contributed by atoms with van der Waals surface area (Å²) < 4.78 is 5.67. The molecule has 0 radical (unpaired) electrons. The van der Waals surface area contributed by atoms with Crippen molar-refractivity contribution in [2.45, 2.75) is 33.4 Å². The van der Waals surface area contributed by atoms with Crippen LogP contribution < -0.4 is 15.4 Å². The molecule has 0 aliphatic heterocycles. The van der Waals surface area contributed by atoms with Crippen molar-refractivity contribution in [1.82, 2.24) is 9.97 Å². The number of benzene rings is 2. The van der Waals surface area contributed by atoms with Crippen molar-refractivity contribution in [1.29, 1.82) is 0 Å². The lowest BCUT2D eigenvalue weighted by atomic mass is 10.2. The maximum Gasteiger partial charge on any atom is 0.136 e. The zero-order valence-electron chi connectivity index (χ0n) is 15.7. The van der Waals surface area contributed by atoms with Crippen LogP contribution in [-0.4, -0.2) is 16.1 Å². The van der Waals surface area contributed by atoms with Crippen LogP contribution in [-0.2, 0) is 6.54 Å². The molecule has 2 aromatic carbocycles. The smallest absolute Gasteiger partial charge is 0.136 e. The summed E-state index contributed by atoms with van der Waals surface area (Å²) in [7, 11) is 0. The predicted octanol–water partition coefficient (Wildman–Crippen LogP) is 5.58. The van der Waals surface area contributed by atoms with Crippen LogP contribution in [0.5, 0.6) is 5.75 Å². The fourth-order valence-electron chi connectivity index (χ4n) is 2.55. The van der Waals surface area contributed by atoms with E-state index in [1.807, 2.05) is 75.4 Å². The van der Waals surface area contributed by atoms with Crippen molar-refractivity contribution in [3.05, 3.63) is 71.0 Å². The lowest BCUT2D eigenvalue weighted by Crippen LogP contribution is -2.06. The van der Waals surface area contributed by atoms with Gasteiger partial charge in [-0.1, -0.05) is 23.7 Å². The summed E-state index contributed by atoms with van der Waals surface area (Å²) in [6.07, 6.45) is 0.155. The van der Waals surface area contributed by atoms with E-state index in [9.17, 15) is 0 Å². The quantitative estimate of drug-likeness (QED) is 0.558. The van der Waals surface area contributed by atoms with Gasteiger partial charge in [0.15, 0.2) is 0 Å². The highest BCUT2D eigenvalue weighted by molar-refractivity contribution is 6.30. The fraction of sp³-hybridized carbons (Fsp3) is 0.238. The number of halogens is 1. The first kappa shape index (κ1) is 19.0. The molecule has 1 aromatic heterocycles. The third-order valence-corrected chi connectivity index (χ3v) is 3.98. The van der Waals surface area contributed by atoms with Crippen molar-refractivity contribution in [2.75, 3.05) is 10.6 Å². The van der Waals surface area contributed by atoms with E-state index in [1.54, 1.807) is 0 Å². The van der Waals surface area contributed by atoms with Crippen LogP contribution in [0.25, 0.3) is 0 Å². The first-order valence-electron chi connectivity index (χ1n) is 8.86. The van der Waals surface area contributed by atoms with Crippen LogP contribution in [0.4, 0.5) is 17.3 Å². The van der Waals surface area contributed by atoms with Gasteiger partial charge >= 0.3 is 0 Å². The normalized spacial score (nSPS) is 10.7. The summed E-state index contributed by atoms with van der Waals surface area (Å²) in [5.41, 5.74) is 2.07. The average molecular weight is 383 g/mol. The molecule has 0 unspecified atom stereocenters. The summed E-state index contributed by atoms with van der Waals surface area (Å²) in [6.45, 7) is 6.55. The van der Waals surface area contributed by atoms with Gasteiger partial charge in [0.25, 0.3) is 0 Å². The monoisotopic (exact) mass is 382 g/mol. The molecule has 0 atom stereocenters. The first-order valence-corrected chi connectivity index (χ1v) is 9.23. The molecule has 5 nitrogen and oxygen atoms in total. The summed E-state index contributed by atoms with van der Waals surface area (Å²) in [5, 5.41) is 7.36. The number of anilines is 3. The summed E-state index contributed by atoms with van der Waals surface area (Å²) in [5.74, 6) is 3.04. The molecular weight excluding hydrogens is 360 g/mol. The Bertz CT molecular complexity index is 880. The summed E-state index contributed by atoms with van der Waals surface area (Å²) >= 11 is 5.92. The van der Waals surface area contributed by atoms with Crippen LogP contribution in [0.15, 0.2) is 54.6 Å². The Morgan fingerprint density at radius 2 is 1.63 bits per heavy atom. The lowest BCUT2D eigenvalue weighted by Gasteiger charge is -2.12. The molecule has 0 amide bonds. The Morgan fingerprint density at radius 3 is 2.30 bits per heavy atom. The highest BCUT2D eigenvalue weighted by Gasteiger charge is 2.04. The van der Waals surface area contributed by atoms with Crippen molar-refractivity contribution < 1.29 is 4.74 Å². The standard InChI is InChI=1S/C21H23ClN4O/c1-14(2)27-19-10-8-18(9-11-19)26-21-12-20(24-15(3)25-21)23-13-16-4-6-17(22)7-5-16/h4-12,14H,13H2,1-3H3,(H2,23,24,25,26). The van der Waals surface area contributed by atoms with Gasteiger partial charge in [0.2, 0.25) is 0 Å². The number of ether oxygens (including phenoxy) is 1. The molecule has 0 fully saturated rings. The van der Waals surface area contributed by atoms with Crippen LogP contribution >= 0.6 is 11.6 Å². The van der Waals surface area contributed by atoms with Crippen LogP contribution in [0, 0.1) is 6.92 Å². The van der Waals surface area contributed by atoms with Gasteiger partial charge in [0.1, 0.15) is 23.2 Å². The third kappa shape index (κ3) is 5.86. The number of hydrogen-bond donors (Lipinski definition) is 2. The molecule has 3 rings (SSSR count). The van der Waals surface area contributed by atoms with E-state index in [-0.39, 0.29) is 6.10 Å². The Morgan fingerprint density at radius 1 is 0.963 bits per heavy atom. The van der Waals surface area contributed by atoms with Gasteiger partial charge in [0, 0.05) is 23.3 Å². The number of aromatic nitrogens is 2. The zero-order chi connectivity index (χ0) is 19.2. The Labute approximate surface area is 164 Å². The molecule has 0 aliphatic carbocycles. The minimum absolute atomic E-state index is 0.155. The molecule has 2 N–H and O–H groups in total. The lowest BCUT2D eigenvalue weighted by molar-refractivity contribution is 0.242. The maximum absolute atomic E-state index is 5.92. The second-order valence-corrected chi connectivity index (χ2v) is 6.92. The van der Waals surface area contributed by atoms with Crippen molar-refractivity contribution >= 4 is 28.9 Å². The Kier molecular flexibility index (Phi) is 6.14. The SMILES string of the molecule is Cc1nc(NCc2ccc(Cl)cc2)cc(Nc2ccc(OC(C)C)cc2)n1. The summed E-state index contributed by atoms with van der Waals surface area (Å²) in [4.78, 5) is 8.90. The number of aryl methyl sites for hydroxylation is 1. The van der Waals surface area contributed by atoms with Crippen molar-refractivity contribution in [3.63, 3.8) is 0 Å². The van der Waals surface area contributed by atoms with Gasteiger partial charge < -0.3 is 15.4 Å².